The maximum atomic E-state index is 13.5. The lowest BCUT2D eigenvalue weighted by atomic mass is 10.1. The molecule has 0 aliphatic heterocycles. The molecule has 90 valence electrons. The number of hydrogen-bond donors (Lipinski definition) is 1. The van der Waals surface area contributed by atoms with E-state index in [1.807, 2.05) is 0 Å². The fraction of sp³-hybridized carbons (Fsp3) is 0.538. The second kappa shape index (κ2) is 5.85. The van der Waals surface area contributed by atoms with Crippen molar-refractivity contribution < 1.29 is 14.2 Å². The molecular formula is C13H19FO2. The van der Waals surface area contributed by atoms with Crippen LogP contribution in [0.2, 0.25) is 0 Å². The first-order chi connectivity index (χ1) is 7.54. The van der Waals surface area contributed by atoms with Crippen molar-refractivity contribution in [3.8, 4) is 5.75 Å². The third-order valence-corrected chi connectivity index (χ3v) is 2.66. The van der Waals surface area contributed by atoms with E-state index in [0.29, 0.717) is 18.1 Å². The van der Waals surface area contributed by atoms with Crippen molar-refractivity contribution in [3.05, 3.63) is 29.6 Å². The summed E-state index contributed by atoms with van der Waals surface area (Å²) < 4.78 is 18.9. The Morgan fingerprint density at radius 1 is 1.38 bits per heavy atom. The Morgan fingerprint density at radius 3 is 2.56 bits per heavy atom. The summed E-state index contributed by atoms with van der Waals surface area (Å²) in [6.45, 7) is 6.25. The third kappa shape index (κ3) is 3.49. The van der Waals surface area contributed by atoms with E-state index >= 15 is 0 Å². The summed E-state index contributed by atoms with van der Waals surface area (Å²) in [5.74, 6) is 0.252. The van der Waals surface area contributed by atoms with Gasteiger partial charge < -0.3 is 9.84 Å². The average molecular weight is 226 g/mol. The maximum absolute atomic E-state index is 13.5. The SMILES string of the molecule is CCC(C)COc1ccc(C(C)O)cc1F. The molecule has 0 saturated carbocycles. The van der Waals surface area contributed by atoms with Crippen molar-refractivity contribution in [1.82, 2.24) is 0 Å². The van der Waals surface area contributed by atoms with Gasteiger partial charge in [0.1, 0.15) is 0 Å². The van der Waals surface area contributed by atoms with E-state index in [2.05, 4.69) is 13.8 Å². The van der Waals surface area contributed by atoms with Gasteiger partial charge in [0.05, 0.1) is 12.7 Å². The normalized spacial score (nSPS) is 14.6. The van der Waals surface area contributed by atoms with Crippen LogP contribution in [0.5, 0.6) is 5.75 Å². The highest BCUT2D eigenvalue weighted by molar-refractivity contribution is 5.30. The van der Waals surface area contributed by atoms with Crippen molar-refractivity contribution >= 4 is 0 Å². The molecule has 2 atom stereocenters. The summed E-state index contributed by atoms with van der Waals surface area (Å²) in [5.41, 5.74) is 0.563. The molecule has 0 fully saturated rings. The molecule has 0 amide bonds. The van der Waals surface area contributed by atoms with Gasteiger partial charge in [-0.3, -0.25) is 0 Å². The quantitative estimate of drug-likeness (QED) is 0.834. The molecule has 2 unspecified atom stereocenters. The maximum Gasteiger partial charge on any atom is 0.165 e. The molecule has 0 aliphatic carbocycles. The minimum Gasteiger partial charge on any atom is -0.490 e. The Bertz CT molecular complexity index is 337. The first-order valence-electron chi connectivity index (χ1n) is 5.64. The molecule has 1 N–H and O–H groups in total. The molecule has 3 heteroatoms. The van der Waals surface area contributed by atoms with E-state index in [1.165, 1.54) is 6.07 Å². The molecule has 0 saturated heterocycles. The number of benzene rings is 1. The van der Waals surface area contributed by atoms with E-state index in [-0.39, 0.29) is 5.75 Å². The largest absolute Gasteiger partial charge is 0.490 e. The van der Waals surface area contributed by atoms with Gasteiger partial charge in [0.15, 0.2) is 11.6 Å². The molecule has 0 radical (unpaired) electrons. The van der Waals surface area contributed by atoms with E-state index in [9.17, 15) is 9.50 Å². The van der Waals surface area contributed by atoms with Crippen LogP contribution in [0.3, 0.4) is 0 Å². The van der Waals surface area contributed by atoms with Crippen LogP contribution in [0.4, 0.5) is 4.39 Å². The molecule has 1 rings (SSSR count). The lowest BCUT2D eigenvalue weighted by molar-refractivity contribution is 0.198. The zero-order chi connectivity index (χ0) is 12.1. The fourth-order valence-corrected chi connectivity index (χ4v) is 1.24. The monoisotopic (exact) mass is 226 g/mol. The first-order valence-corrected chi connectivity index (χ1v) is 5.64. The zero-order valence-electron chi connectivity index (χ0n) is 10.0. The Hall–Kier alpha value is -1.09. The molecule has 0 aliphatic rings. The van der Waals surface area contributed by atoms with Crippen molar-refractivity contribution in [3.63, 3.8) is 0 Å². The molecule has 0 aromatic heterocycles. The highest BCUT2D eigenvalue weighted by Gasteiger charge is 2.08. The Kier molecular flexibility index (Phi) is 4.74. The Morgan fingerprint density at radius 2 is 2.06 bits per heavy atom. The van der Waals surface area contributed by atoms with E-state index in [0.717, 1.165) is 6.42 Å². The number of rotatable bonds is 5. The lowest BCUT2D eigenvalue weighted by Gasteiger charge is -2.12. The third-order valence-electron chi connectivity index (χ3n) is 2.66. The van der Waals surface area contributed by atoms with E-state index < -0.39 is 11.9 Å². The summed E-state index contributed by atoms with van der Waals surface area (Å²) >= 11 is 0. The van der Waals surface area contributed by atoms with Crippen molar-refractivity contribution in [2.45, 2.75) is 33.3 Å². The predicted octanol–water partition coefficient (Wildman–Crippen LogP) is 3.30. The van der Waals surface area contributed by atoms with Crippen LogP contribution < -0.4 is 4.74 Å². The highest BCUT2D eigenvalue weighted by Crippen LogP contribution is 2.22. The summed E-state index contributed by atoms with van der Waals surface area (Å²) in [6.07, 6.45) is 0.353. The summed E-state index contributed by atoms with van der Waals surface area (Å²) in [7, 11) is 0. The number of ether oxygens (including phenoxy) is 1. The standard InChI is InChI=1S/C13H19FO2/c1-4-9(2)8-16-13-6-5-11(10(3)15)7-12(13)14/h5-7,9-10,15H,4,8H2,1-3H3. The molecule has 16 heavy (non-hydrogen) atoms. The number of aliphatic hydroxyl groups is 1. The lowest BCUT2D eigenvalue weighted by Crippen LogP contribution is -2.08. The van der Waals surface area contributed by atoms with Gasteiger partial charge in [-0.25, -0.2) is 4.39 Å². The van der Waals surface area contributed by atoms with Crippen molar-refractivity contribution in [2.24, 2.45) is 5.92 Å². The van der Waals surface area contributed by atoms with Crippen LogP contribution in [-0.2, 0) is 0 Å². The van der Waals surface area contributed by atoms with Gasteiger partial charge in [0.25, 0.3) is 0 Å². The molecular weight excluding hydrogens is 207 g/mol. The van der Waals surface area contributed by atoms with Crippen molar-refractivity contribution in [1.29, 1.82) is 0 Å². The first kappa shape index (κ1) is 13.0. The smallest absolute Gasteiger partial charge is 0.165 e. The Labute approximate surface area is 96.1 Å². The molecule has 0 spiro atoms. The van der Waals surface area contributed by atoms with Gasteiger partial charge in [-0.2, -0.15) is 0 Å². The summed E-state index contributed by atoms with van der Waals surface area (Å²) in [4.78, 5) is 0. The van der Waals surface area contributed by atoms with Crippen LogP contribution in [0.15, 0.2) is 18.2 Å². The minimum absolute atomic E-state index is 0.254. The van der Waals surface area contributed by atoms with Crippen LogP contribution >= 0.6 is 0 Å². The van der Waals surface area contributed by atoms with Crippen LogP contribution in [0.1, 0.15) is 38.9 Å². The summed E-state index contributed by atoms with van der Waals surface area (Å²) in [6, 6.07) is 4.57. The topological polar surface area (TPSA) is 29.5 Å². The van der Waals surface area contributed by atoms with Crippen LogP contribution in [0, 0.1) is 11.7 Å². The van der Waals surface area contributed by atoms with Crippen molar-refractivity contribution in [2.75, 3.05) is 6.61 Å². The van der Waals surface area contributed by atoms with E-state index in [4.69, 9.17) is 4.74 Å². The van der Waals surface area contributed by atoms with E-state index in [1.54, 1.807) is 19.1 Å². The molecule has 0 bridgehead atoms. The number of aliphatic hydroxyl groups excluding tert-OH is 1. The predicted molar refractivity (Wildman–Crippen MR) is 62.0 cm³/mol. The second-order valence-corrected chi connectivity index (χ2v) is 4.19. The average Bonchev–Trinajstić information content (AvgIpc) is 2.26. The van der Waals surface area contributed by atoms with Gasteiger partial charge in [-0.1, -0.05) is 26.3 Å². The Balaban J connectivity index is 2.68. The number of halogens is 1. The fourth-order valence-electron chi connectivity index (χ4n) is 1.24. The van der Waals surface area contributed by atoms with Crippen LogP contribution in [-0.4, -0.2) is 11.7 Å². The van der Waals surface area contributed by atoms with Gasteiger partial charge >= 0.3 is 0 Å². The van der Waals surface area contributed by atoms with Gasteiger partial charge in [0.2, 0.25) is 0 Å². The number of hydrogen-bond acceptors (Lipinski definition) is 2. The zero-order valence-corrected chi connectivity index (χ0v) is 10.0. The molecule has 1 aromatic carbocycles. The molecule has 0 heterocycles. The molecule has 2 nitrogen and oxygen atoms in total. The highest BCUT2D eigenvalue weighted by atomic mass is 19.1. The van der Waals surface area contributed by atoms with Gasteiger partial charge in [-0.15, -0.1) is 0 Å². The summed E-state index contributed by atoms with van der Waals surface area (Å²) in [5, 5.41) is 9.29. The second-order valence-electron chi connectivity index (χ2n) is 4.19. The van der Waals surface area contributed by atoms with Crippen LogP contribution in [0.25, 0.3) is 0 Å². The minimum atomic E-state index is -0.655. The van der Waals surface area contributed by atoms with Gasteiger partial charge in [0, 0.05) is 0 Å². The molecule has 1 aromatic rings. The van der Waals surface area contributed by atoms with Gasteiger partial charge in [-0.05, 0) is 30.5 Å².